The summed E-state index contributed by atoms with van der Waals surface area (Å²) >= 11 is 5.70. The first-order valence-corrected chi connectivity index (χ1v) is 6.71. The molecule has 7 nitrogen and oxygen atoms in total. The molecular formula is C14H13ClN4O3. The van der Waals surface area contributed by atoms with Gasteiger partial charge in [-0.3, -0.25) is 9.59 Å². The van der Waals surface area contributed by atoms with Crippen LogP contribution in [0.4, 0.5) is 5.82 Å². The van der Waals surface area contributed by atoms with Crippen LogP contribution in [-0.2, 0) is 4.79 Å². The summed E-state index contributed by atoms with van der Waals surface area (Å²) in [5.41, 5.74) is 2.74. The zero-order chi connectivity index (χ0) is 15.9. The average Bonchev–Trinajstić information content (AvgIpc) is 3.01. The van der Waals surface area contributed by atoms with Gasteiger partial charge in [0.15, 0.2) is 5.76 Å². The lowest BCUT2D eigenvalue weighted by atomic mass is 10.3. The SMILES string of the molecule is C/C(CC(=O)Nc1ccc(Cl)cn1)=N/NC(=O)c1ccco1. The number of nitrogens with zero attached hydrogens (tertiary/aromatic N) is 2. The van der Waals surface area contributed by atoms with Gasteiger partial charge < -0.3 is 9.73 Å². The number of amides is 2. The lowest BCUT2D eigenvalue weighted by molar-refractivity contribution is -0.115. The van der Waals surface area contributed by atoms with Crippen molar-refractivity contribution < 1.29 is 14.0 Å². The number of carbonyl (C=O) groups is 2. The highest BCUT2D eigenvalue weighted by Gasteiger charge is 2.09. The second-order valence-corrected chi connectivity index (χ2v) is 4.79. The normalized spacial score (nSPS) is 11.1. The average molecular weight is 321 g/mol. The fourth-order valence-electron chi connectivity index (χ4n) is 1.52. The quantitative estimate of drug-likeness (QED) is 0.653. The lowest BCUT2D eigenvalue weighted by Crippen LogP contribution is -2.21. The number of nitrogens with one attached hydrogen (secondary N) is 2. The Balaban J connectivity index is 1.84. The number of pyridine rings is 1. The van der Waals surface area contributed by atoms with E-state index in [1.54, 1.807) is 25.1 Å². The first-order valence-electron chi connectivity index (χ1n) is 6.33. The van der Waals surface area contributed by atoms with Crippen molar-refractivity contribution in [2.45, 2.75) is 13.3 Å². The van der Waals surface area contributed by atoms with Crippen LogP contribution >= 0.6 is 11.6 Å². The minimum atomic E-state index is -0.482. The summed E-state index contributed by atoms with van der Waals surface area (Å²) in [6, 6.07) is 6.32. The van der Waals surface area contributed by atoms with Crippen molar-refractivity contribution in [2.24, 2.45) is 5.10 Å². The number of hydrazone groups is 1. The van der Waals surface area contributed by atoms with Gasteiger partial charge in [-0.1, -0.05) is 11.6 Å². The molecule has 0 aromatic carbocycles. The Labute approximate surface area is 131 Å². The molecule has 0 bridgehead atoms. The Hall–Kier alpha value is -2.67. The second kappa shape index (κ2) is 7.37. The molecule has 2 heterocycles. The van der Waals surface area contributed by atoms with Crippen LogP contribution in [0, 0.1) is 0 Å². The van der Waals surface area contributed by atoms with E-state index in [0.29, 0.717) is 16.6 Å². The summed E-state index contributed by atoms with van der Waals surface area (Å²) in [6.45, 7) is 1.62. The predicted molar refractivity (Wildman–Crippen MR) is 81.8 cm³/mol. The zero-order valence-electron chi connectivity index (χ0n) is 11.7. The number of hydrogen-bond donors (Lipinski definition) is 2. The minimum absolute atomic E-state index is 0.0166. The van der Waals surface area contributed by atoms with E-state index in [1.807, 2.05) is 0 Å². The van der Waals surface area contributed by atoms with Crippen LogP contribution in [0.25, 0.3) is 0 Å². The maximum atomic E-state index is 11.8. The van der Waals surface area contributed by atoms with Crippen LogP contribution in [0.5, 0.6) is 0 Å². The van der Waals surface area contributed by atoms with E-state index in [1.165, 1.54) is 18.5 Å². The third-order valence-electron chi connectivity index (χ3n) is 2.50. The highest BCUT2D eigenvalue weighted by atomic mass is 35.5. The van der Waals surface area contributed by atoms with Crippen LogP contribution in [0.2, 0.25) is 5.02 Å². The Morgan fingerprint density at radius 2 is 2.18 bits per heavy atom. The van der Waals surface area contributed by atoms with Crippen LogP contribution in [0.3, 0.4) is 0 Å². The van der Waals surface area contributed by atoms with Gasteiger partial charge in [-0.2, -0.15) is 5.10 Å². The maximum absolute atomic E-state index is 11.8. The molecule has 114 valence electrons. The minimum Gasteiger partial charge on any atom is -0.459 e. The van der Waals surface area contributed by atoms with E-state index in [2.05, 4.69) is 20.8 Å². The molecule has 2 aromatic heterocycles. The molecule has 0 aliphatic carbocycles. The smallest absolute Gasteiger partial charge is 0.307 e. The van der Waals surface area contributed by atoms with E-state index < -0.39 is 5.91 Å². The molecule has 2 amide bonds. The van der Waals surface area contributed by atoms with Gasteiger partial charge in [0.2, 0.25) is 5.91 Å². The Morgan fingerprint density at radius 1 is 1.36 bits per heavy atom. The molecule has 0 aliphatic heterocycles. The molecule has 0 aliphatic rings. The van der Waals surface area contributed by atoms with Crippen LogP contribution in [0.15, 0.2) is 46.2 Å². The van der Waals surface area contributed by atoms with Crippen molar-refractivity contribution in [3.05, 3.63) is 47.5 Å². The number of anilines is 1. The van der Waals surface area contributed by atoms with Gasteiger partial charge in [0.25, 0.3) is 0 Å². The fraction of sp³-hybridized carbons (Fsp3) is 0.143. The molecular weight excluding hydrogens is 308 g/mol. The van der Waals surface area contributed by atoms with E-state index in [9.17, 15) is 9.59 Å². The largest absolute Gasteiger partial charge is 0.459 e. The molecule has 22 heavy (non-hydrogen) atoms. The number of hydrogen-bond acceptors (Lipinski definition) is 5. The molecule has 2 rings (SSSR count). The van der Waals surface area contributed by atoms with Crippen molar-refractivity contribution in [2.75, 3.05) is 5.32 Å². The van der Waals surface area contributed by atoms with Gasteiger partial charge >= 0.3 is 5.91 Å². The van der Waals surface area contributed by atoms with Gasteiger partial charge in [-0.25, -0.2) is 10.4 Å². The maximum Gasteiger partial charge on any atom is 0.307 e. The van der Waals surface area contributed by atoms with Crippen molar-refractivity contribution in [1.82, 2.24) is 10.4 Å². The molecule has 0 saturated heterocycles. The molecule has 0 saturated carbocycles. The van der Waals surface area contributed by atoms with Crippen LogP contribution in [-0.4, -0.2) is 22.5 Å². The number of halogens is 1. The number of aromatic nitrogens is 1. The summed E-state index contributed by atoms with van der Waals surface area (Å²) in [5.74, 6) is -0.249. The second-order valence-electron chi connectivity index (χ2n) is 4.35. The van der Waals surface area contributed by atoms with Gasteiger partial charge in [0, 0.05) is 11.9 Å². The number of rotatable bonds is 5. The topological polar surface area (TPSA) is 96.6 Å². The van der Waals surface area contributed by atoms with Gasteiger partial charge in [-0.05, 0) is 31.2 Å². The first kappa shape index (κ1) is 15.7. The number of furan rings is 1. The summed E-state index contributed by atoms with van der Waals surface area (Å²) < 4.78 is 4.92. The molecule has 8 heteroatoms. The predicted octanol–water partition coefficient (Wildman–Crippen LogP) is 2.46. The van der Waals surface area contributed by atoms with E-state index in [4.69, 9.17) is 16.0 Å². The van der Waals surface area contributed by atoms with E-state index in [-0.39, 0.29) is 18.1 Å². The lowest BCUT2D eigenvalue weighted by Gasteiger charge is -2.04. The van der Waals surface area contributed by atoms with Gasteiger partial charge in [0.05, 0.1) is 17.7 Å². The van der Waals surface area contributed by atoms with Gasteiger partial charge in [-0.15, -0.1) is 0 Å². The molecule has 0 unspecified atom stereocenters. The summed E-state index contributed by atoms with van der Waals surface area (Å²) in [7, 11) is 0. The molecule has 2 aromatic rings. The monoisotopic (exact) mass is 320 g/mol. The summed E-state index contributed by atoms with van der Waals surface area (Å²) in [5, 5.41) is 6.91. The Morgan fingerprint density at radius 3 is 2.82 bits per heavy atom. The Bertz CT molecular complexity index is 681. The third kappa shape index (κ3) is 4.71. The van der Waals surface area contributed by atoms with Gasteiger partial charge in [0.1, 0.15) is 5.82 Å². The summed E-state index contributed by atoms with van der Waals surface area (Å²) in [4.78, 5) is 27.3. The van der Waals surface area contributed by atoms with Crippen molar-refractivity contribution in [3.63, 3.8) is 0 Å². The standard InChI is InChI=1S/C14H13ClN4O3/c1-9(18-19-14(21)11-3-2-6-22-11)7-13(20)17-12-5-4-10(15)8-16-12/h2-6,8H,7H2,1H3,(H,19,21)(H,16,17,20)/b18-9-. The van der Waals surface area contributed by atoms with Crippen molar-refractivity contribution in [3.8, 4) is 0 Å². The number of carbonyl (C=O) groups excluding carboxylic acids is 2. The third-order valence-corrected chi connectivity index (χ3v) is 2.73. The highest BCUT2D eigenvalue weighted by Crippen LogP contribution is 2.09. The molecule has 0 atom stereocenters. The van der Waals surface area contributed by atoms with Crippen molar-refractivity contribution in [1.29, 1.82) is 0 Å². The van der Waals surface area contributed by atoms with E-state index in [0.717, 1.165) is 0 Å². The zero-order valence-corrected chi connectivity index (χ0v) is 12.4. The molecule has 0 spiro atoms. The molecule has 0 fully saturated rings. The first-order chi connectivity index (χ1) is 10.5. The van der Waals surface area contributed by atoms with E-state index >= 15 is 0 Å². The highest BCUT2D eigenvalue weighted by molar-refractivity contribution is 6.30. The van der Waals surface area contributed by atoms with Crippen LogP contribution in [0.1, 0.15) is 23.9 Å². The van der Waals surface area contributed by atoms with Crippen molar-refractivity contribution >= 4 is 34.9 Å². The van der Waals surface area contributed by atoms with Crippen LogP contribution < -0.4 is 10.7 Å². The Kier molecular flexibility index (Phi) is 5.26. The fourth-order valence-corrected chi connectivity index (χ4v) is 1.63. The summed E-state index contributed by atoms with van der Waals surface area (Å²) in [6.07, 6.45) is 2.84. The molecule has 0 radical (unpaired) electrons. The molecule has 2 N–H and O–H groups in total.